The second-order valence-corrected chi connectivity index (χ2v) is 4.19. The van der Waals surface area contributed by atoms with Gasteiger partial charge < -0.3 is 4.74 Å². The second kappa shape index (κ2) is 4.64. The van der Waals surface area contributed by atoms with Crippen molar-refractivity contribution < 1.29 is 13.9 Å². The van der Waals surface area contributed by atoms with Crippen LogP contribution in [0.5, 0.6) is 5.75 Å². The Labute approximate surface area is 94.4 Å². The maximum absolute atomic E-state index is 13.6. The van der Waals surface area contributed by atoms with E-state index in [9.17, 15) is 9.18 Å². The van der Waals surface area contributed by atoms with Crippen LogP contribution in [-0.4, -0.2) is 12.9 Å². The van der Waals surface area contributed by atoms with E-state index in [4.69, 9.17) is 4.74 Å². The maximum atomic E-state index is 13.6. The molecular formula is C13H15FO2. The Morgan fingerprint density at radius 1 is 1.38 bits per heavy atom. The summed E-state index contributed by atoms with van der Waals surface area (Å²) in [4.78, 5) is 12.0. The summed E-state index contributed by atoms with van der Waals surface area (Å²) in [6.07, 6.45) is 3.94. The van der Waals surface area contributed by atoms with Crippen LogP contribution >= 0.6 is 0 Å². The minimum Gasteiger partial charge on any atom is -0.497 e. The van der Waals surface area contributed by atoms with E-state index in [2.05, 4.69) is 0 Å². The molecule has 0 atom stereocenters. The van der Waals surface area contributed by atoms with Gasteiger partial charge in [0.25, 0.3) is 0 Å². The average molecular weight is 222 g/mol. The third-order valence-corrected chi connectivity index (χ3v) is 3.17. The van der Waals surface area contributed by atoms with E-state index in [1.807, 2.05) is 0 Å². The maximum Gasteiger partial charge on any atom is 0.168 e. The summed E-state index contributed by atoms with van der Waals surface area (Å²) < 4.78 is 18.5. The minimum atomic E-state index is -0.476. The lowest BCUT2D eigenvalue weighted by Crippen LogP contribution is -2.12. The zero-order chi connectivity index (χ0) is 11.5. The van der Waals surface area contributed by atoms with Crippen molar-refractivity contribution in [1.29, 1.82) is 0 Å². The van der Waals surface area contributed by atoms with Gasteiger partial charge in [-0.05, 0) is 25.0 Å². The molecule has 0 radical (unpaired) electrons. The molecule has 0 aromatic heterocycles. The van der Waals surface area contributed by atoms with Gasteiger partial charge in [-0.15, -0.1) is 0 Å². The highest BCUT2D eigenvalue weighted by Crippen LogP contribution is 2.29. The van der Waals surface area contributed by atoms with Crippen LogP contribution in [0.1, 0.15) is 36.0 Å². The number of ether oxygens (including phenoxy) is 1. The van der Waals surface area contributed by atoms with E-state index in [-0.39, 0.29) is 17.3 Å². The molecule has 16 heavy (non-hydrogen) atoms. The van der Waals surface area contributed by atoms with Gasteiger partial charge in [0.1, 0.15) is 11.6 Å². The monoisotopic (exact) mass is 222 g/mol. The number of rotatable bonds is 3. The standard InChI is InChI=1S/C13H15FO2/c1-16-10-6-7-11(12(14)8-10)13(15)9-4-2-3-5-9/h6-9H,2-5H2,1H3. The fourth-order valence-corrected chi connectivity index (χ4v) is 2.23. The average Bonchev–Trinajstić information content (AvgIpc) is 2.81. The zero-order valence-corrected chi connectivity index (χ0v) is 9.33. The number of hydrogen-bond donors (Lipinski definition) is 0. The van der Waals surface area contributed by atoms with Crippen LogP contribution in [0.15, 0.2) is 18.2 Å². The highest BCUT2D eigenvalue weighted by atomic mass is 19.1. The van der Waals surface area contributed by atoms with E-state index in [0.29, 0.717) is 5.75 Å². The number of benzene rings is 1. The fraction of sp³-hybridized carbons (Fsp3) is 0.462. The molecule has 0 bridgehead atoms. The SMILES string of the molecule is COc1ccc(C(=O)C2CCCC2)c(F)c1. The summed E-state index contributed by atoms with van der Waals surface area (Å²) in [6, 6.07) is 4.42. The molecule has 2 rings (SSSR count). The minimum absolute atomic E-state index is 0.0166. The summed E-state index contributed by atoms with van der Waals surface area (Å²) in [5.74, 6) is -0.0720. The molecule has 1 fully saturated rings. The molecule has 0 unspecified atom stereocenters. The Hall–Kier alpha value is -1.38. The van der Waals surface area contributed by atoms with Gasteiger partial charge in [-0.1, -0.05) is 12.8 Å². The number of Topliss-reactive ketones (excluding diaryl/α,β-unsaturated/α-hetero) is 1. The van der Waals surface area contributed by atoms with Crippen LogP contribution in [-0.2, 0) is 0 Å². The van der Waals surface area contributed by atoms with Gasteiger partial charge >= 0.3 is 0 Å². The molecule has 1 aromatic carbocycles. The van der Waals surface area contributed by atoms with Gasteiger partial charge in [-0.3, -0.25) is 4.79 Å². The first-order valence-corrected chi connectivity index (χ1v) is 5.60. The lowest BCUT2D eigenvalue weighted by molar-refractivity contribution is 0.0918. The van der Waals surface area contributed by atoms with Crippen molar-refractivity contribution in [3.05, 3.63) is 29.6 Å². The van der Waals surface area contributed by atoms with E-state index < -0.39 is 5.82 Å². The van der Waals surface area contributed by atoms with Crippen molar-refractivity contribution in [2.75, 3.05) is 7.11 Å². The number of halogens is 1. The number of ketones is 1. The fourth-order valence-electron chi connectivity index (χ4n) is 2.23. The normalized spacial score (nSPS) is 16.4. The Morgan fingerprint density at radius 2 is 2.06 bits per heavy atom. The first kappa shape index (κ1) is 11.1. The smallest absolute Gasteiger partial charge is 0.168 e. The Kier molecular flexibility index (Phi) is 3.22. The highest BCUT2D eigenvalue weighted by molar-refractivity contribution is 5.98. The van der Waals surface area contributed by atoms with Crippen LogP contribution in [0.4, 0.5) is 4.39 Å². The van der Waals surface area contributed by atoms with Crippen LogP contribution in [0.25, 0.3) is 0 Å². The third-order valence-electron chi connectivity index (χ3n) is 3.17. The molecule has 0 aliphatic heterocycles. The molecule has 1 aliphatic rings. The number of carbonyl (C=O) groups is 1. The lowest BCUT2D eigenvalue weighted by atomic mass is 9.96. The first-order valence-electron chi connectivity index (χ1n) is 5.60. The van der Waals surface area contributed by atoms with Crippen LogP contribution in [0, 0.1) is 11.7 Å². The summed E-state index contributed by atoms with van der Waals surface area (Å²) >= 11 is 0. The van der Waals surface area contributed by atoms with Crippen molar-refractivity contribution in [3.8, 4) is 5.75 Å². The summed E-state index contributed by atoms with van der Waals surface area (Å²) in [6.45, 7) is 0. The predicted octanol–water partition coefficient (Wildman–Crippen LogP) is 3.21. The van der Waals surface area contributed by atoms with Crippen LogP contribution in [0.2, 0.25) is 0 Å². The molecule has 0 spiro atoms. The van der Waals surface area contributed by atoms with E-state index in [0.717, 1.165) is 25.7 Å². The van der Waals surface area contributed by atoms with Gasteiger partial charge in [0, 0.05) is 12.0 Å². The largest absolute Gasteiger partial charge is 0.497 e. The van der Waals surface area contributed by atoms with Gasteiger partial charge in [-0.25, -0.2) is 4.39 Å². The molecule has 86 valence electrons. The number of methoxy groups -OCH3 is 1. The molecule has 1 aromatic rings. The van der Waals surface area contributed by atoms with Crippen molar-refractivity contribution >= 4 is 5.78 Å². The Balaban J connectivity index is 2.22. The lowest BCUT2D eigenvalue weighted by Gasteiger charge is -2.09. The second-order valence-electron chi connectivity index (χ2n) is 4.19. The Morgan fingerprint density at radius 3 is 2.62 bits per heavy atom. The van der Waals surface area contributed by atoms with Gasteiger partial charge in [-0.2, -0.15) is 0 Å². The summed E-state index contributed by atoms with van der Waals surface area (Å²) in [5.41, 5.74) is 0.202. The molecule has 0 amide bonds. The molecule has 1 saturated carbocycles. The zero-order valence-electron chi connectivity index (χ0n) is 9.33. The van der Waals surface area contributed by atoms with Crippen molar-refractivity contribution in [2.45, 2.75) is 25.7 Å². The van der Waals surface area contributed by atoms with Crippen LogP contribution in [0.3, 0.4) is 0 Å². The van der Waals surface area contributed by atoms with Crippen molar-refractivity contribution in [1.82, 2.24) is 0 Å². The third kappa shape index (κ3) is 2.08. The van der Waals surface area contributed by atoms with Crippen molar-refractivity contribution in [2.24, 2.45) is 5.92 Å². The molecule has 0 saturated heterocycles. The number of hydrogen-bond acceptors (Lipinski definition) is 2. The van der Waals surface area contributed by atoms with Crippen molar-refractivity contribution in [3.63, 3.8) is 0 Å². The molecule has 2 nitrogen and oxygen atoms in total. The van der Waals surface area contributed by atoms with E-state index in [1.54, 1.807) is 6.07 Å². The summed E-state index contributed by atoms with van der Waals surface area (Å²) in [5, 5.41) is 0. The molecule has 0 N–H and O–H groups in total. The Bertz CT molecular complexity index is 395. The van der Waals surface area contributed by atoms with Gasteiger partial charge in [0.15, 0.2) is 5.78 Å². The quantitative estimate of drug-likeness (QED) is 0.734. The molecule has 0 heterocycles. The molecular weight excluding hydrogens is 207 g/mol. The topological polar surface area (TPSA) is 26.3 Å². The van der Waals surface area contributed by atoms with E-state index in [1.165, 1.54) is 19.2 Å². The molecule has 1 aliphatic carbocycles. The van der Waals surface area contributed by atoms with Gasteiger partial charge in [0.05, 0.1) is 12.7 Å². The van der Waals surface area contributed by atoms with Gasteiger partial charge in [0.2, 0.25) is 0 Å². The molecule has 3 heteroatoms. The summed E-state index contributed by atoms with van der Waals surface area (Å²) in [7, 11) is 1.48. The van der Waals surface area contributed by atoms with Crippen LogP contribution < -0.4 is 4.74 Å². The number of carbonyl (C=O) groups excluding carboxylic acids is 1. The van der Waals surface area contributed by atoms with E-state index >= 15 is 0 Å². The highest BCUT2D eigenvalue weighted by Gasteiger charge is 2.25. The first-order chi connectivity index (χ1) is 7.72. The predicted molar refractivity (Wildman–Crippen MR) is 59.2 cm³/mol.